The van der Waals surface area contributed by atoms with E-state index in [1.165, 1.54) is 0 Å². The molecule has 8 nitrogen and oxygen atoms in total. The maximum atomic E-state index is 12.7. The fraction of sp³-hybridized carbons (Fsp3) is 0.474. The summed E-state index contributed by atoms with van der Waals surface area (Å²) < 4.78 is 49.2. The Labute approximate surface area is 181 Å². The van der Waals surface area contributed by atoms with Crippen molar-refractivity contribution >= 4 is 27.5 Å². The molecule has 3 saturated carbocycles. The van der Waals surface area contributed by atoms with Gasteiger partial charge in [-0.3, -0.25) is 9.53 Å². The topological polar surface area (TPSA) is 94.5 Å². The van der Waals surface area contributed by atoms with Gasteiger partial charge in [-0.2, -0.15) is 0 Å². The number of pyridine rings is 1. The molecule has 0 aliphatic heterocycles. The highest BCUT2D eigenvalue weighted by Gasteiger charge is 2.88. The van der Waals surface area contributed by atoms with Crippen molar-refractivity contribution < 1.29 is 27.1 Å². The lowest BCUT2D eigenvalue weighted by atomic mass is 9.82. The number of aromatic nitrogens is 4. The van der Waals surface area contributed by atoms with Gasteiger partial charge in [0.15, 0.2) is 0 Å². The fourth-order valence-electron chi connectivity index (χ4n) is 4.45. The number of hydrogen-bond donors (Lipinski definition) is 1. The minimum Gasteiger partial charge on any atom is -0.424 e. The molecule has 3 aliphatic rings. The SMILES string of the molecule is O=C(NC12CC1(c1nnc(C3CC(OC(F)(F)F)C3)o1)C2)c1cn2ccc(Br)cc2n1. The van der Waals surface area contributed by atoms with Gasteiger partial charge in [-0.15, -0.1) is 23.4 Å². The van der Waals surface area contributed by atoms with Crippen molar-refractivity contribution in [3.8, 4) is 0 Å². The zero-order chi connectivity index (χ0) is 21.6. The summed E-state index contributed by atoms with van der Waals surface area (Å²) >= 11 is 3.38. The van der Waals surface area contributed by atoms with E-state index in [-0.39, 0.29) is 30.1 Å². The molecule has 12 heteroatoms. The number of carbonyl (C=O) groups excluding carboxylic acids is 1. The van der Waals surface area contributed by atoms with E-state index in [0.717, 1.165) is 4.47 Å². The van der Waals surface area contributed by atoms with Crippen LogP contribution in [0.5, 0.6) is 0 Å². The monoisotopic (exact) mass is 497 g/mol. The summed E-state index contributed by atoms with van der Waals surface area (Å²) in [6.45, 7) is 0. The number of nitrogens with zero attached hydrogens (tertiary/aromatic N) is 4. The molecule has 0 saturated heterocycles. The number of hydrogen-bond acceptors (Lipinski definition) is 6. The molecule has 162 valence electrons. The number of amides is 1. The third kappa shape index (κ3) is 3.06. The van der Waals surface area contributed by atoms with Crippen LogP contribution >= 0.6 is 15.9 Å². The smallest absolute Gasteiger partial charge is 0.424 e. The highest BCUT2D eigenvalue weighted by Crippen LogP contribution is 2.78. The molecule has 0 unspecified atom stereocenters. The van der Waals surface area contributed by atoms with Crippen LogP contribution in [0.4, 0.5) is 13.2 Å². The number of rotatable bonds is 5. The Morgan fingerprint density at radius 1 is 1.32 bits per heavy atom. The normalized spacial score (nSPS) is 31.2. The highest BCUT2D eigenvalue weighted by molar-refractivity contribution is 9.10. The fourth-order valence-corrected chi connectivity index (χ4v) is 4.77. The summed E-state index contributed by atoms with van der Waals surface area (Å²) in [7, 11) is 0. The van der Waals surface area contributed by atoms with Crippen LogP contribution in [0.25, 0.3) is 5.65 Å². The molecule has 6 rings (SSSR count). The molecular formula is C19H15BrF3N5O3. The Hall–Kier alpha value is -2.47. The van der Waals surface area contributed by atoms with Gasteiger partial charge in [-0.1, -0.05) is 15.9 Å². The average molecular weight is 498 g/mol. The van der Waals surface area contributed by atoms with Crippen molar-refractivity contribution in [3.63, 3.8) is 0 Å². The van der Waals surface area contributed by atoms with Crippen molar-refractivity contribution in [2.75, 3.05) is 0 Å². The van der Waals surface area contributed by atoms with E-state index in [1.54, 1.807) is 10.6 Å². The largest absolute Gasteiger partial charge is 0.522 e. The van der Waals surface area contributed by atoms with Crippen LogP contribution in [0, 0.1) is 0 Å². The van der Waals surface area contributed by atoms with Gasteiger partial charge in [0, 0.05) is 22.8 Å². The van der Waals surface area contributed by atoms with Gasteiger partial charge in [0.05, 0.1) is 17.1 Å². The lowest BCUT2D eigenvalue weighted by molar-refractivity contribution is -0.352. The summed E-state index contributed by atoms with van der Waals surface area (Å²) in [5.74, 6) is 0.257. The summed E-state index contributed by atoms with van der Waals surface area (Å²) in [4.78, 5) is 17.1. The molecular weight excluding hydrogens is 483 g/mol. The van der Waals surface area contributed by atoms with Crippen LogP contribution in [0.1, 0.15) is 53.9 Å². The van der Waals surface area contributed by atoms with E-state index in [4.69, 9.17) is 4.42 Å². The van der Waals surface area contributed by atoms with Crippen molar-refractivity contribution in [1.29, 1.82) is 0 Å². The zero-order valence-corrected chi connectivity index (χ0v) is 17.4. The first-order chi connectivity index (χ1) is 14.7. The van der Waals surface area contributed by atoms with Crippen LogP contribution in [-0.4, -0.2) is 43.5 Å². The summed E-state index contributed by atoms with van der Waals surface area (Å²) in [5, 5.41) is 11.2. The second-order valence-corrected chi connectivity index (χ2v) is 9.42. The number of ether oxygens (including phenoxy) is 1. The number of fused-ring (bicyclic) bond motifs is 2. The summed E-state index contributed by atoms with van der Waals surface area (Å²) in [6.07, 6.45) is -0.254. The van der Waals surface area contributed by atoms with Gasteiger partial charge in [0.1, 0.15) is 11.3 Å². The molecule has 31 heavy (non-hydrogen) atoms. The van der Waals surface area contributed by atoms with E-state index in [1.807, 2.05) is 18.3 Å². The van der Waals surface area contributed by atoms with E-state index >= 15 is 0 Å². The van der Waals surface area contributed by atoms with E-state index in [0.29, 0.717) is 36.0 Å². The molecule has 0 bridgehead atoms. The molecule has 3 fully saturated rings. The Balaban J connectivity index is 1.10. The van der Waals surface area contributed by atoms with Crippen molar-refractivity contribution in [3.05, 3.63) is 46.5 Å². The Kier molecular flexibility index (Phi) is 3.76. The third-order valence-electron chi connectivity index (χ3n) is 6.48. The second kappa shape index (κ2) is 6.06. The number of nitrogens with one attached hydrogen (secondary N) is 1. The molecule has 3 aromatic heterocycles. The first-order valence-corrected chi connectivity index (χ1v) is 10.5. The number of halogens is 4. The van der Waals surface area contributed by atoms with Crippen LogP contribution < -0.4 is 5.32 Å². The lowest BCUT2D eigenvalue weighted by Gasteiger charge is -2.32. The van der Waals surface area contributed by atoms with Gasteiger partial charge < -0.3 is 14.1 Å². The average Bonchev–Trinajstić information content (AvgIpc) is 3.22. The Morgan fingerprint density at radius 2 is 2.10 bits per heavy atom. The molecule has 1 N–H and O–H groups in total. The Morgan fingerprint density at radius 3 is 2.84 bits per heavy atom. The molecule has 0 atom stereocenters. The lowest BCUT2D eigenvalue weighted by Crippen LogP contribution is -2.34. The van der Waals surface area contributed by atoms with Gasteiger partial charge in [-0.25, -0.2) is 4.98 Å². The van der Waals surface area contributed by atoms with Crippen molar-refractivity contribution in [2.24, 2.45) is 0 Å². The molecule has 3 heterocycles. The predicted molar refractivity (Wildman–Crippen MR) is 101 cm³/mol. The minimum absolute atomic E-state index is 0.194. The zero-order valence-electron chi connectivity index (χ0n) is 15.8. The van der Waals surface area contributed by atoms with Gasteiger partial charge in [0.2, 0.25) is 11.8 Å². The second-order valence-electron chi connectivity index (χ2n) is 8.51. The maximum Gasteiger partial charge on any atom is 0.522 e. The molecule has 0 radical (unpaired) electrons. The standard InChI is InChI=1S/C19H15BrF3N5O3/c20-10-1-2-28-6-12(24-13(28)5-10)14(29)25-18-7-17(18,8-18)16-27-26-15(30-16)9-3-11(4-9)31-19(21,22)23/h1-2,5-6,9,11H,3-4,7-8H2,(H,25,29). The van der Waals surface area contributed by atoms with Crippen LogP contribution in [-0.2, 0) is 10.2 Å². The number of imidazole rings is 1. The van der Waals surface area contributed by atoms with Crippen molar-refractivity contribution in [1.82, 2.24) is 24.9 Å². The van der Waals surface area contributed by atoms with E-state index in [9.17, 15) is 18.0 Å². The number of alkyl halides is 3. The number of carbonyl (C=O) groups is 1. The molecule has 1 amide bonds. The van der Waals surface area contributed by atoms with Gasteiger partial charge in [-0.05, 0) is 37.8 Å². The maximum absolute atomic E-state index is 12.7. The van der Waals surface area contributed by atoms with E-state index in [2.05, 4.69) is 41.2 Å². The quantitative estimate of drug-likeness (QED) is 0.579. The minimum atomic E-state index is -4.63. The third-order valence-corrected chi connectivity index (χ3v) is 6.97. The van der Waals surface area contributed by atoms with Crippen LogP contribution in [0.3, 0.4) is 0 Å². The molecule has 0 spiro atoms. The summed E-state index contributed by atoms with van der Waals surface area (Å²) in [5.41, 5.74) is 0.189. The van der Waals surface area contributed by atoms with Crippen LogP contribution in [0.2, 0.25) is 0 Å². The summed E-state index contributed by atoms with van der Waals surface area (Å²) in [6, 6.07) is 3.67. The molecule has 3 aromatic rings. The van der Waals surface area contributed by atoms with E-state index < -0.39 is 18.0 Å². The Bertz CT molecular complexity index is 1210. The van der Waals surface area contributed by atoms with Crippen LogP contribution in [0.15, 0.2) is 33.4 Å². The first-order valence-electron chi connectivity index (χ1n) is 9.72. The van der Waals surface area contributed by atoms with Gasteiger partial charge >= 0.3 is 6.36 Å². The van der Waals surface area contributed by atoms with Gasteiger partial charge in [0.25, 0.3) is 5.91 Å². The molecule has 3 aliphatic carbocycles. The van der Waals surface area contributed by atoms with Crippen molar-refractivity contribution in [2.45, 2.75) is 55.0 Å². The molecule has 0 aromatic carbocycles. The first kappa shape index (κ1) is 19.2. The predicted octanol–water partition coefficient (Wildman–Crippen LogP) is 3.48. The highest BCUT2D eigenvalue weighted by atomic mass is 79.9.